The Bertz CT molecular complexity index is 271. The van der Waals surface area contributed by atoms with Gasteiger partial charge in [0.25, 0.3) is 0 Å². The maximum atomic E-state index is 4.91. The molecule has 1 aromatic carbocycles. The zero-order valence-electron chi connectivity index (χ0n) is 8.63. The second-order valence-electron chi connectivity index (χ2n) is 4.26. The number of benzene rings is 1. The number of hydrogen-bond donors (Lipinski definition) is 0. The standard InChI is InChI=1S/C12H17O/c1-12(2,3)11-8-6-5-7-10(11)9-13-4/h5-8H,4,9H2,1-3H3. The van der Waals surface area contributed by atoms with Crippen LogP contribution in [0.2, 0.25) is 0 Å². The van der Waals surface area contributed by atoms with Gasteiger partial charge in [0.2, 0.25) is 0 Å². The van der Waals surface area contributed by atoms with Gasteiger partial charge in [-0.3, -0.25) is 0 Å². The minimum atomic E-state index is 0.176. The fourth-order valence-electron chi connectivity index (χ4n) is 1.49. The predicted octanol–water partition coefficient (Wildman–Crippen LogP) is 3.29. The first-order valence-corrected chi connectivity index (χ1v) is 4.51. The van der Waals surface area contributed by atoms with Crippen LogP contribution < -0.4 is 0 Å². The Morgan fingerprint density at radius 2 is 1.85 bits per heavy atom. The van der Waals surface area contributed by atoms with E-state index in [4.69, 9.17) is 4.74 Å². The summed E-state index contributed by atoms with van der Waals surface area (Å²) >= 11 is 0. The van der Waals surface area contributed by atoms with E-state index in [1.165, 1.54) is 11.1 Å². The molecule has 1 heteroatoms. The van der Waals surface area contributed by atoms with Crippen molar-refractivity contribution < 1.29 is 4.74 Å². The molecule has 0 aromatic heterocycles. The normalized spacial score (nSPS) is 11.7. The van der Waals surface area contributed by atoms with Crippen molar-refractivity contribution in [3.05, 3.63) is 42.5 Å². The van der Waals surface area contributed by atoms with Gasteiger partial charge in [0.1, 0.15) is 0 Å². The third-order valence-corrected chi connectivity index (χ3v) is 2.08. The van der Waals surface area contributed by atoms with Crippen molar-refractivity contribution in [2.75, 3.05) is 0 Å². The van der Waals surface area contributed by atoms with Crippen molar-refractivity contribution in [3.63, 3.8) is 0 Å². The molecule has 1 aromatic rings. The summed E-state index contributed by atoms with van der Waals surface area (Å²) in [6.45, 7) is 7.20. The molecule has 1 radical (unpaired) electrons. The van der Waals surface area contributed by atoms with Crippen molar-refractivity contribution in [2.45, 2.75) is 32.8 Å². The van der Waals surface area contributed by atoms with Gasteiger partial charge in [0, 0.05) is 0 Å². The second kappa shape index (κ2) is 3.93. The van der Waals surface area contributed by atoms with Crippen LogP contribution in [0.15, 0.2) is 24.3 Å². The molecule has 0 aliphatic carbocycles. The molecule has 0 spiro atoms. The molecule has 0 aliphatic heterocycles. The lowest BCUT2D eigenvalue weighted by Gasteiger charge is -2.22. The lowest BCUT2D eigenvalue weighted by atomic mass is 9.84. The first-order valence-electron chi connectivity index (χ1n) is 4.51. The molecule has 1 nitrogen and oxygen atoms in total. The molecule has 0 aliphatic rings. The van der Waals surface area contributed by atoms with E-state index in [1.807, 2.05) is 6.07 Å². The van der Waals surface area contributed by atoms with Crippen LogP contribution in [0.5, 0.6) is 0 Å². The lowest BCUT2D eigenvalue weighted by molar-refractivity contribution is 0.226. The van der Waals surface area contributed by atoms with E-state index in [0.717, 1.165) is 0 Å². The van der Waals surface area contributed by atoms with Crippen LogP contribution in [0.3, 0.4) is 0 Å². The maximum absolute atomic E-state index is 4.91. The van der Waals surface area contributed by atoms with Crippen LogP contribution in [0.4, 0.5) is 0 Å². The highest BCUT2D eigenvalue weighted by atomic mass is 16.5. The minimum Gasteiger partial charge on any atom is -0.374 e. The van der Waals surface area contributed by atoms with E-state index in [-0.39, 0.29) is 5.41 Å². The van der Waals surface area contributed by atoms with Gasteiger partial charge in [0.15, 0.2) is 0 Å². The van der Waals surface area contributed by atoms with E-state index < -0.39 is 0 Å². The van der Waals surface area contributed by atoms with Gasteiger partial charge < -0.3 is 4.74 Å². The van der Waals surface area contributed by atoms with Crippen LogP contribution in [0.25, 0.3) is 0 Å². The molecule has 0 atom stereocenters. The van der Waals surface area contributed by atoms with Gasteiger partial charge in [-0.1, -0.05) is 45.0 Å². The fraction of sp³-hybridized carbons (Fsp3) is 0.417. The van der Waals surface area contributed by atoms with Gasteiger partial charge >= 0.3 is 0 Å². The second-order valence-corrected chi connectivity index (χ2v) is 4.26. The van der Waals surface area contributed by atoms with Gasteiger partial charge in [-0.25, -0.2) is 0 Å². The van der Waals surface area contributed by atoms with Crippen molar-refractivity contribution >= 4 is 0 Å². The molecule has 1 rings (SSSR count). The summed E-state index contributed by atoms with van der Waals surface area (Å²) in [6.07, 6.45) is 0. The molecule has 0 fully saturated rings. The van der Waals surface area contributed by atoms with Crippen molar-refractivity contribution in [3.8, 4) is 0 Å². The zero-order valence-corrected chi connectivity index (χ0v) is 8.63. The van der Waals surface area contributed by atoms with Crippen LogP contribution >= 0.6 is 0 Å². The molecule has 0 saturated heterocycles. The Morgan fingerprint density at radius 1 is 1.23 bits per heavy atom. The summed E-state index contributed by atoms with van der Waals surface area (Å²) in [5.74, 6) is 0. The highest BCUT2D eigenvalue weighted by molar-refractivity contribution is 5.32. The first kappa shape index (κ1) is 10.3. The zero-order chi connectivity index (χ0) is 9.90. The molecule has 71 valence electrons. The van der Waals surface area contributed by atoms with Crippen molar-refractivity contribution in [1.29, 1.82) is 0 Å². The van der Waals surface area contributed by atoms with Gasteiger partial charge in [-0.2, -0.15) is 0 Å². The summed E-state index contributed by atoms with van der Waals surface area (Å²) in [7, 11) is 3.40. The molecule has 0 heterocycles. The summed E-state index contributed by atoms with van der Waals surface area (Å²) in [4.78, 5) is 0. The third-order valence-electron chi connectivity index (χ3n) is 2.08. The first-order chi connectivity index (χ1) is 6.05. The minimum absolute atomic E-state index is 0.176. The van der Waals surface area contributed by atoms with Gasteiger partial charge in [0.05, 0.1) is 13.7 Å². The third kappa shape index (κ3) is 2.56. The molecule has 0 amide bonds. The molecule has 0 bridgehead atoms. The Hall–Kier alpha value is -0.820. The van der Waals surface area contributed by atoms with Gasteiger partial charge in [-0.15, -0.1) is 0 Å². The van der Waals surface area contributed by atoms with E-state index in [0.29, 0.717) is 6.61 Å². The maximum Gasteiger partial charge on any atom is 0.0720 e. The monoisotopic (exact) mass is 177 g/mol. The summed E-state index contributed by atoms with van der Waals surface area (Å²) in [5, 5.41) is 0. The van der Waals surface area contributed by atoms with Crippen molar-refractivity contribution in [2.24, 2.45) is 0 Å². The van der Waals surface area contributed by atoms with Crippen LogP contribution in [0, 0.1) is 7.11 Å². The van der Waals surface area contributed by atoms with Crippen LogP contribution in [0.1, 0.15) is 31.9 Å². The topological polar surface area (TPSA) is 9.23 Å². The van der Waals surface area contributed by atoms with E-state index in [1.54, 1.807) is 0 Å². The summed E-state index contributed by atoms with van der Waals surface area (Å²) in [6, 6.07) is 8.33. The average molecular weight is 177 g/mol. The van der Waals surface area contributed by atoms with Gasteiger partial charge in [-0.05, 0) is 16.5 Å². The van der Waals surface area contributed by atoms with Crippen LogP contribution in [-0.4, -0.2) is 0 Å². The SMILES string of the molecule is [CH2]OCc1ccccc1C(C)(C)C. The molecule has 13 heavy (non-hydrogen) atoms. The molecular formula is C12H17O. The molecule has 0 saturated carbocycles. The van der Waals surface area contributed by atoms with E-state index >= 15 is 0 Å². The van der Waals surface area contributed by atoms with Crippen LogP contribution in [-0.2, 0) is 16.8 Å². The highest BCUT2D eigenvalue weighted by Gasteiger charge is 2.16. The Morgan fingerprint density at radius 3 is 2.38 bits per heavy atom. The fourth-order valence-corrected chi connectivity index (χ4v) is 1.49. The smallest absolute Gasteiger partial charge is 0.0720 e. The predicted molar refractivity (Wildman–Crippen MR) is 55.3 cm³/mol. The highest BCUT2D eigenvalue weighted by Crippen LogP contribution is 2.25. The van der Waals surface area contributed by atoms with E-state index in [2.05, 4.69) is 46.1 Å². The van der Waals surface area contributed by atoms with E-state index in [9.17, 15) is 0 Å². The Labute approximate surface area is 80.7 Å². The largest absolute Gasteiger partial charge is 0.374 e. The summed E-state index contributed by atoms with van der Waals surface area (Å²) < 4.78 is 4.91. The quantitative estimate of drug-likeness (QED) is 0.673. The summed E-state index contributed by atoms with van der Waals surface area (Å²) in [5.41, 5.74) is 2.73. The number of hydrogen-bond acceptors (Lipinski definition) is 1. The Kier molecular flexibility index (Phi) is 3.10. The average Bonchev–Trinajstić information content (AvgIpc) is 2.04. The molecular weight excluding hydrogens is 160 g/mol. The van der Waals surface area contributed by atoms with Crippen molar-refractivity contribution in [1.82, 2.24) is 0 Å². The number of rotatable bonds is 2. The number of ether oxygens (including phenoxy) is 1. The Balaban J connectivity index is 3.05. The molecule has 0 unspecified atom stereocenters. The molecule has 0 N–H and O–H groups in total. The lowest BCUT2D eigenvalue weighted by Crippen LogP contribution is -2.14.